The van der Waals surface area contributed by atoms with E-state index in [0.717, 1.165) is 26.2 Å². The largest absolute Gasteiger partial charge is 0.367 e. The lowest BCUT2D eigenvalue weighted by Crippen LogP contribution is -2.57. The number of morpholine rings is 1. The van der Waals surface area contributed by atoms with Crippen LogP contribution in [0.5, 0.6) is 0 Å². The van der Waals surface area contributed by atoms with Crippen molar-refractivity contribution in [3.05, 3.63) is 12.2 Å². The van der Waals surface area contributed by atoms with E-state index in [9.17, 15) is 0 Å². The van der Waals surface area contributed by atoms with Gasteiger partial charge in [-0.05, 0) is 40.3 Å². The molecular formula is C13H26N2O. The van der Waals surface area contributed by atoms with E-state index in [1.165, 1.54) is 5.57 Å². The molecule has 0 saturated carbocycles. The molecule has 0 aromatic carbocycles. The van der Waals surface area contributed by atoms with Crippen LogP contribution in [0.1, 0.15) is 27.7 Å². The molecule has 1 N–H and O–H groups in total. The maximum Gasteiger partial charge on any atom is 0.0760 e. The fourth-order valence-electron chi connectivity index (χ4n) is 2.68. The fraction of sp³-hybridized carbons (Fsp3) is 0.846. The third-order valence-corrected chi connectivity index (χ3v) is 2.64. The molecule has 3 heteroatoms. The molecule has 0 aliphatic carbocycles. The summed E-state index contributed by atoms with van der Waals surface area (Å²) in [7, 11) is 1.96. The van der Waals surface area contributed by atoms with E-state index >= 15 is 0 Å². The predicted molar refractivity (Wildman–Crippen MR) is 68.7 cm³/mol. The molecular weight excluding hydrogens is 200 g/mol. The molecule has 0 unspecified atom stereocenters. The second-order valence-electron chi connectivity index (χ2n) is 6.05. The molecule has 0 spiro atoms. The van der Waals surface area contributed by atoms with Crippen LogP contribution < -0.4 is 5.32 Å². The Morgan fingerprint density at radius 1 is 1.25 bits per heavy atom. The molecule has 0 bridgehead atoms. The zero-order valence-corrected chi connectivity index (χ0v) is 11.4. The van der Waals surface area contributed by atoms with Crippen LogP contribution in [0.15, 0.2) is 12.2 Å². The number of nitrogens with zero attached hydrogens (tertiary/aromatic N) is 1. The Morgan fingerprint density at radius 2 is 1.75 bits per heavy atom. The van der Waals surface area contributed by atoms with Gasteiger partial charge in [0.2, 0.25) is 0 Å². The van der Waals surface area contributed by atoms with Crippen molar-refractivity contribution in [3.63, 3.8) is 0 Å². The Morgan fingerprint density at radius 3 is 2.19 bits per heavy atom. The summed E-state index contributed by atoms with van der Waals surface area (Å²) in [6, 6.07) is 0. The summed E-state index contributed by atoms with van der Waals surface area (Å²) >= 11 is 0. The Bertz CT molecular complexity index is 243. The van der Waals surface area contributed by atoms with Crippen LogP contribution >= 0.6 is 0 Å². The van der Waals surface area contributed by atoms with Gasteiger partial charge in [-0.3, -0.25) is 4.90 Å². The lowest BCUT2D eigenvalue weighted by Gasteiger charge is -2.47. The monoisotopic (exact) mass is 226 g/mol. The SMILES string of the molecule is C=C(CNC)CN1CC(C)(C)OC(C)(C)C1. The van der Waals surface area contributed by atoms with Gasteiger partial charge in [-0.1, -0.05) is 6.58 Å². The summed E-state index contributed by atoms with van der Waals surface area (Å²) in [5.74, 6) is 0. The van der Waals surface area contributed by atoms with E-state index in [2.05, 4.69) is 44.5 Å². The van der Waals surface area contributed by atoms with E-state index in [1.54, 1.807) is 0 Å². The van der Waals surface area contributed by atoms with Crippen molar-refractivity contribution in [2.24, 2.45) is 0 Å². The van der Waals surface area contributed by atoms with Crippen molar-refractivity contribution in [1.82, 2.24) is 10.2 Å². The van der Waals surface area contributed by atoms with E-state index < -0.39 is 0 Å². The molecule has 0 radical (unpaired) electrons. The van der Waals surface area contributed by atoms with Gasteiger partial charge in [0.25, 0.3) is 0 Å². The third-order valence-electron chi connectivity index (χ3n) is 2.64. The van der Waals surface area contributed by atoms with Gasteiger partial charge in [0.05, 0.1) is 11.2 Å². The molecule has 1 saturated heterocycles. The smallest absolute Gasteiger partial charge is 0.0760 e. The van der Waals surface area contributed by atoms with Gasteiger partial charge < -0.3 is 10.1 Å². The molecule has 1 heterocycles. The van der Waals surface area contributed by atoms with Crippen LogP contribution in [0.3, 0.4) is 0 Å². The molecule has 94 valence electrons. The topological polar surface area (TPSA) is 24.5 Å². The molecule has 3 nitrogen and oxygen atoms in total. The second kappa shape index (κ2) is 4.86. The summed E-state index contributed by atoms with van der Waals surface area (Å²) < 4.78 is 6.05. The van der Waals surface area contributed by atoms with Gasteiger partial charge in [0, 0.05) is 26.2 Å². The Balaban J connectivity index is 2.57. The highest BCUT2D eigenvalue weighted by Crippen LogP contribution is 2.28. The number of nitrogens with one attached hydrogen (secondary N) is 1. The van der Waals surface area contributed by atoms with Gasteiger partial charge in [-0.15, -0.1) is 0 Å². The van der Waals surface area contributed by atoms with Crippen LogP contribution in [-0.2, 0) is 4.74 Å². The van der Waals surface area contributed by atoms with E-state index in [1.807, 2.05) is 7.05 Å². The normalized spacial score (nSPS) is 24.3. The first kappa shape index (κ1) is 13.7. The minimum Gasteiger partial charge on any atom is -0.367 e. The minimum absolute atomic E-state index is 0.0678. The van der Waals surface area contributed by atoms with Crippen molar-refractivity contribution in [2.45, 2.75) is 38.9 Å². The van der Waals surface area contributed by atoms with Crippen molar-refractivity contribution in [1.29, 1.82) is 0 Å². The lowest BCUT2D eigenvalue weighted by atomic mass is 9.98. The highest BCUT2D eigenvalue weighted by Gasteiger charge is 2.37. The molecule has 0 amide bonds. The average Bonchev–Trinajstić information content (AvgIpc) is 1.96. The summed E-state index contributed by atoms with van der Waals surface area (Å²) in [6.45, 7) is 16.5. The Labute approximate surface area is 99.8 Å². The van der Waals surface area contributed by atoms with E-state index in [4.69, 9.17) is 4.74 Å². The van der Waals surface area contributed by atoms with Crippen LogP contribution in [0, 0.1) is 0 Å². The van der Waals surface area contributed by atoms with Gasteiger partial charge in [0.15, 0.2) is 0 Å². The molecule has 16 heavy (non-hydrogen) atoms. The molecule has 1 aliphatic rings. The van der Waals surface area contributed by atoms with E-state index in [0.29, 0.717) is 0 Å². The first-order valence-electron chi connectivity index (χ1n) is 5.98. The van der Waals surface area contributed by atoms with Gasteiger partial charge >= 0.3 is 0 Å². The number of hydrogen-bond acceptors (Lipinski definition) is 3. The highest BCUT2D eigenvalue weighted by molar-refractivity contribution is 5.02. The van der Waals surface area contributed by atoms with Crippen molar-refractivity contribution >= 4 is 0 Å². The first-order valence-corrected chi connectivity index (χ1v) is 5.98. The zero-order chi connectivity index (χ0) is 12.4. The van der Waals surface area contributed by atoms with Crippen LogP contribution in [0.25, 0.3) is 0 Å². The Hall–Kier alpha value is -0.380. The van der Waals surface area contributed by atoms with Gasteiger partial charge in [0.1, 0.15) is 0 Å². The molecule has 1 aliphatic heterocycles. The van der Waals surface area contributed by atoms with Gasteiger partial charge in [-0.25, -0.2) is 0 Å². The average molecular weight is 226 g/mol. The molecule has 1 rings (SSSR count). The van der Waals surface area contributed by atoms with Crippen LogP contribution in [0.4, 0.5) is 0 Å². The van der Waals surface area contributed by atoms with Gasteiger partial charge in [-0.2, -0.15) is 0 Å². The Kier molecular flexibility index (Phi) is 4.16. The summed E-state index contributed by atoms with van der Waals surface area (Å²) in [6.07, 6.45) is 0. The van der Waals surface area contributed by atoms with Crippen LogP contribution in [0.2, 0.25) is 0 Å². The summed E-state index contributed by atoms with van der Waals surface area (Å²) in [5, 5.41) is 3.14. The molecule has 0 atom stereocenters. The summed E-state index contributed by atoms with van der Waals surface area (Å²) in [4.78, 5) is 2.43. The molecule has 0 aromatic rings. The maximum atomic E-state index is 6.05. The quantitative estimate of drug-likeness (QED) is 0.738. The number of hydrogen-bond donors (Lipinski definition) is 1. The third kappa shape index (κ3) is 4.24. The van der Waals surface area contributed by atoms with Crippen LogP contribution in [-0.4, -0.2) is 49.3 Å². The van der Waals surface area contributed by atoms with Crippen molar-refractivity contribution in [2.75, 3.05) is 33.2 Å². The zero-order valence-electron chi connectivity index (χ0n) is 11.4. The summed E-state index contributed by atoms with van der Waals surface area (Å²) in [5.41, 5.74) is 1.10. The maximum absolute atomic E-state index is 6.05. The molecule has 0 aromatic heterocycles. The fourth-order valence-corrected chi connectivity index (χ4v) is 2.68. The standard InChI is InChI=1S/C13H26N2O/c1-11(7-14-6)8-15-9-12(2,3)16-13(4,5)10-15/h14H,1,7-10H2,2-6H3. The highest BCUT2D eigenvalue weighted by atomic mass is 16.5. The van der Waals surface area contributed by atoms with E-state index in [-0.39, 0.29) is 11.2 Å². The molecule has 1 fully saturated rings. The number of ether oxygens (including phenoxy) is 1. The van der Waals surface area contributed by atoms with Crippen molar-refractivity contribution < 1.29 is 4.74 Å². The van der Waals surface area contributed by atoms with Crippen molar-refractivity contribution in [3.8, 4) is 0 Å². The lowest BCUT2D eigenvalue weighted by molar-refractivity contribution is -0.178. The second-order valence-corrected chi connectivity index (χ2v) is 6.05. The first-order chi connectivity index (χ1) is 7.24. The number of rotatable bonds is 4. The number of likely N-dealkylation sites (N-methyl/N-ethyl adjacent to an activating group) is 1. The minimum atomic E-state index is -0.0678. The predicted octanol–water partition coefficient (Wildman–Crippen LogP) is 1.65.